The first kappa shape index (κ1) is 16.8. The lowest BCUT2D eigenvalue weighted by molar-refractivity contribution is 0.0403. The van der Waals surface area contributed by atoms with Crippen LogP contribution < -0.4 is 4.74 Å². The Labute approximate surface area is 150 Å². The molecular weight excluding hydrogens is 358 g/mol. The molecule has 0 aliphatic carbocycles. The molecule has 4 rings (SSSR count). The maximum Gasteiger partial charge on any atom is 0.316 e. The Hall–Kier alpha value is -2.62. The minimum atomic E-state index is -3.29. The lowest BCUT2D eigenvalue weighted by Gasteiger charge is -2.49. The van der Waals surface area contributed by atoms with Crippen LogP contribution in [0.2, 0.25) is 0 Å². The van der Waals surface area contributed by atoms with Crippen molar-refractivity contribution in [2.45, 2.75) is 11.2 Å². The van der Waals surface area contributed by atoms with Gasteiger partial charge in [-0.15, -0.1) is 0 Å². The smallest absolute Gasteiger partial charge is 0.316 e. The fourth-order valence-corrected chi connectivity index (χ4v) is 5.99. The molecule has 2 aliphatic heterocycles. The standard InChI is InChI=1S/C16H17N5O4S/c22-14(12-2-6-19-20-8-12)21-10-16(11-21)13(3-7-26(16,23)24)9-25-15-17-4-1-5-18-15/h1-2,4-6,8,13H,3,7,9-11H2. The van der Waals surface area contributed by atoms with Gasteiger partial charge in [0.25, 0.3) is 5.91 Å². The second kappa shape index (κ2) is 6.27. The summed E-state index contributed by atoms with van der Waals surface area (Å²) in [5.41, 5.74) is 0.399. The number of amides is 1. The zero-order chi connectivity index (χ0) is 18.2. The van der Waals surface area contributed by atoms with Crippen LogP contribution >= 0.6 is 0 Å². The van der Waals surface area contributed by atoms with E-state index >= 15 is 0 Å². The van der Waals surface area contributed by atoms with Crippen LogP contribution in [0, 0.1) is 5.92 Å². The molecule has 2 saturated heterocycles. The number of nitrogens with zero attached hydrogens (tertiary/aromatic N) is 5. The van der Waals surface area contributed by atoms with Crippen molar-refractivity contribution in [3.8, 4) is 6.01 Å². The number of sulfone groups is 1. The van der Waals surface area contributed by atoms with E-state index < -0.39 is 14.6 Å². The van der Waals surface area contributed by atoms with Gasteiger partial charge in [-0.25, -0.2) is 18.4 Å². The largest absolute Gasteiger partial charge is 0.463 e. The molecule has 26 heavy (non-hydrogen) atoms. The molecule has 1 spiro atoms. The van der Waals surface area contributed by atoms with Gasteiger partial charge in [-0.2, -0.15) is 10.2 Å². The molecule has 136 valence electrons. The van der Waals surface area contributed by atoms with Crippen LogP contribution in [0.15, 0.2) is 36.9 Å². The Morgan fingerprint density at radius 2 is 2.00 bits per heavy atom. The fraction of sp³-hybridized carbons (Fsp3) is 0.438. The molecule has 2 aromatic rings. The number of aromatic nitrogens is 4. The van der Waals surface area contributed by atoms with E-state index in [0.717, 1.165) is 0 Å². The van der Waals surface area contributed by atoms with Gasteiger partial charge in [-0.3, -0.25) is 4.79 Å². The van der Waals surface area contributed by atoms with Crippen LogP contribution in [0.25, 0.3) is 0 Å². The number of hydrogen-bond acceptors (Lipinski definition) is 8. The Kier molecular flexibility index (Phi) is 4.06. The molecule has 1 unspecified atom stereocenters. The fourth-order valence-electron chi connectivity index (χ4n) is 3.59. The molecule has 0 radical (unpaired) electrons. The van der Waals surface area contributed by atoms with E-state index in [1.807, 2.05) is 0 Å². The second-order valence-corrected chi connectivity index (χ2v) is 8.95. The molecule has 2 fully saturated rings. The number of carbonyl (C=O) groups is 1. The monoisotopic (exact) mass is 375 g/mol. The zero-order valence-electron chi connectivity index (χ0n) is 13.9. The Morgan fingerprint density at radius 1 is 1.23 bits per heavy atom. The Bertz CT molecular complexity index is 901. The van der Waals surface area contributed by atoms with Crippen molar-refractivity contribution in [2.75, 3.05) is 25.4 Å². The highest BCUT2D eigenvalue weighted by atomic mass is 32.2. The molecule has 0 bridgehead atoms. The first-order valence-corrected chi connectivity index (χ1v) is 9.85. The minimum Gasteiger partial charge on any atom is -0.463 e. The zero-order valence-corrected chi connectivity index (χ0v) is 14.7. The summed E-state index contributed by atoms with van der Waals surface area (Å²) < 4.78 is 29.9. The molecule has 0 N–H and O–H groups in total. The van der Waals surface area contributed by atoms with Gasteiger partial charge in [0.2, 0.25) is 0 Å². The van der Waals surface area contributed by atoms with E-state index in [9.17, 15) is 13.2 Å². The van der Waals surface area contributed by atoms with E-state index in [1.54, 1.807) is 24.5 Å². The summed E-state index contributed by atoms with van der Waals surface area (Å²) >= 11 is 0. The van der Waals surface area contributed by atoms with E-state index in [4.69, 9.17) is 4.74 Å². The highest BCUT2D eigenvalue weighted by Gasteiger charge is 2.62. The van der Waals surface area contributed by atoms with Crippen molar-refractivity contribution in [1.82, 2.24) is 25.1 Å². The quantitative estimate of drug-likeness (QED) is 0.732. The van der Waals surface area contributed by atoms with E-state index in [2.05, 4.69) is 20.2 Å². The van der Waals surface area contributed by atoms with Gasteiger partial charge in [0.05, 0.1) is 30.3 Å². The van der Waals surface area contributed by atoms with E-state index in [-0.39, 0.29) is 43.3 Å². The maximum absolute atomic E-state index is 12.6. The Balaban J connectivity index is 1.47. The minimum absolute atomic E-state index is 0.107. The van der Waals surface area contributed by atoms with Crippen LogP contribution in [0.3, 0.4) is 0 Å². The molecule has 4 heterocycles. The molecule has 0 aromatic carbocycles. The van der Waals surface area contributed by atoms with Crippen LogP contribution in [0.1, 0.15) is 16.8 Å². The highest BCUT2D eigenvalue weighted by Crippen LogP contribution is 2.45. The average molecular weight is 375 g/mol. The number of carbonyl (C=O) groups excluding carboxylic acids is 1. The summed E-state index contributed by atoms with van der Waals surface area (Å²) in [6.45, 7) is 0.544. The predicted molar refractivity (Wildman–Crippen MR) is 90.1 cm³/mol. The molecule has 0 saturated carbocycles. The number of rotatable bonds is 4. The van der Waals surface area contributed by atoms with Gasteiger partial charge in [0.15, 0.2) is 9.84 Å². The number of hydrogen-bond donors (Lipinski definition) is 0. The molecule has 1 atom stereocenters. The van der Waals surface area contributed by atoms with Crippen molar-refractivity contribution < 1.29 is 17.9 Å². The lowest BCUT2D eigenvalue weighted by Crippen LogP contribution is -2.68. The second-order valence-electron chi connectivity index (χ2n) is 6.50. The normalized spacial score (nSPS) is 22.8. The van der Waals surface area contributed by atoms with Crippen molar-refractivity contribution in [3.05, 3.63) is 42.5 Å². The Morgan fingerprint density at radius 3 is 2.69 bits per heavy atom. The molecule has 9 nitrogen and oxygen atoms in total. The first-order chi connectivity index (χ1) is 12.5. The van der Waals surface area contributed by atoms with Crippen LogP contribution in [0.5, 0.6) is 6.01 Å². The molecule has 10 heteroatoms. The summed E-state index contributed by atoms with van der Waals surface area (Å²) in [6, 6.07) is 3.47. The van der Waals surface area contributed by atoms with Crippen molar-refractivity contribution in [2.24, 2.45) is 5.92 Å². The summed E-state index contributed by atoms with van der Waals surface area (Å²) in [4.78, 5) is 22.0. The van der Waals surface area contributed by atoms with E-state index in [1.165, 1.54) is 17.3 Å². The molecule has 1 amide bonds. The number of likely N-dealkylation sites (tertiary alicyclic amines) is 1. The van der Waals surface area contributed by atoms with Crippen LogP contribution in [-0.2, 0) is 9.84 Å². The molecular formula is C16H17N5O4S. The van der Waals surface area contributed by atoms with Crippen molar-refractivity contribution in [3.63, 3.8) is 0 Å². The SMILES string of the molecule is O=C(c1ccnnc1)N1CC2(C1)C(COc1ncccn1)CCS2(=O)=O. The summed E-state index contributed by atoms with van der Waals surface area (Å²) in [5.74, 6) is -0.329. The lowest BCUT2D eigenvalue weighted by atomic mass is 9.83. The van der Waals surface area contributed by atoms with Gasteiger partial charge in [-0.1, -0.05) is 0 Å². The van der Waals surface area contributed by atoms with Gasteiger partial charge in [0.1, 0.15) is 4.75 Å². The molecule has 2 aliphatic rings. The van der Waals surface area contributed by atoms with Gasteiger partial charge >= 0.3 is 6.01 Å². The topological polar surface area (TPSA) is 115 Å². The summed E-state index contributed by atoms with van der Waals surface area (Å²) in [7, 11) is -3.29. The third-order valence-electron chi connectivity index (χ3n) is 5.09. The highest BCUT2D eigenvalue weighted by molar-refractivity contribution is 7.93. The number of ether oxygens (including phenoxy) is 1. The van der Waals surface area contributed by atoms with Gasteiger partial charge in [0, 0.05) is 31.4 Å². The summed E-state index contributed by atoms with van der Waals surface area (Å²) in [6.07, 6.45) is 6.45. The maximum atomic E-state index is 12.6. The van der Waals surface area contributed by atoms with Crippen LogP contribution in [0.4, 0.5) is 0 Å². The first-order valence-electron chi connectivity index (χ1n) is 8.20. The van der Waals surface area contributed by atoms with Crippen LogP contribution in [-0.4, -0.2) is 69.6 Å². The summed E-state index contributed by atoms with van der Waals surface area (Å²) in [5, 5.41) is 7.34. The third-order valence-corrected chi connectivity index (χ3v) is 7.69. The molecule has 2 aromatic heterocycles. The van der Waals surface area contributed by atoms with Gasteiger partial charge < -0.3 is 9.64 Å². The van der Waals surface area contributed by atoms with Crippen molar-refractivity contribution in [1.29, 1.82) is 0 Å². The van der Waals surface area contributed by atoms with Gasteiger partial charge in [-0.05, 0) is 18.6 Å². The predicted octanol–water partition coefficient (Wildman–Crippen LogP) is -0.0251. The third kappa shape index (κ3) is 2.70. The average Bonchev–Trinajstić information content (AvgIpc) is 2.90. The van der Waals surface area contributed by atoms with E-state index in [0.29, 0.717) is 12.0 Å². The van der Waals surface area contributed by atoms with Crippen molar-refractivity contribution >= 4 is 15.7 Å².